The van der Waals surface area contributed by atoms with Crippen molar-refractivity contribution < 1.29 is 13.9 Å². The molecule has 0 spiro atoms. The molecule has 0 aliphatic heterocycles. The third kappa shape index (κ3) is 5.53. The van der Waals surface area contributed by atoms with Crippen LogP contribution in [0.4, 0.5) is 8.78 Å². The van der Waals surface area contributed by atoms with Crippen LogP contribution < -0.4 is 0 Å². The smallest absolute Gasteiger partial charge is 0.129 e. The molecule has 0 saturated heterocycles. The van der Waals surface area contributed by atoms with Crippen molar-refractivity contribution >= 4 is 0 Å². The van der Waals surface area contributed by atoms with Crippen molar-refractivity contribution in [2.45, 2.75) is 84.0 Å². The van der Waals surface area contributed by atoms with E-state index >= 15 is 0 Å². The van der Waals surface area contributed by atoms with Gasteiger partial charge in [0.2, 0.25) is 0 Å². The molecule has 3 rings (SSSR count). The lowest BCUT2D eigenvalue weighted by Crippen LogP contribution is -2.25. The van der Waals surface area contributed by atoms with Crippen LogP contribution in [0.15, 0.2) is 12.1 Å². The van der Waals surface area contributed by atoms with Crippen LogP contribution in [0.1, 0.15) is 82.3 Å². The summed E-state index contributed by atoms with van der Waals surface area (Å²) in [5.74, 6) is 2.54. The summed E-state index contributed by atoms with van der Waals surface area (Å²) in [7, 11) is 0. The van der Waals surface area contributed by atoms with Crippen LogP contribution in [0.3, 0.4) is 0 Å². The second-order valence-electron chi connectivity index (χ2n) is 9.02. The van der Waals surface area contributed by atoms with E-state index in [0.717, 1.165) is 36.2 Å². The third-order valence-electron chi connectivity index (χ3n) is 7.43. The Kier molecular flexibility index (Phi) is 7.69. The van der Waals surface area contributed by atoms with Crippen LogP contribution in [0.5, 0.6) is 0 Å². The summed E-state index contributed by atoms with van der Waals surface area (Å²) >= 11 is 0. The number of aryl methyl sites for hydroxylation is 1. The van der Waals surface area contributed by atoms with Gasteiger partial charge in [0.1, 0.15) is 11.6 Å². The predicted molar refractivity (Wildman–Crippen MR) is 107 cm³/mol. The van der Waals surface area contributed by atoms with Gasteiger partial charge in [0, 0.05) is 18.6 Å². The fraction of sp³-hybridized carbons (Fsp3) is 0.750. The first kappa shape index (κ1) is 20.8. The number of hydrogen-bond donors (Lipinski definition) is 1. The molecule has 2 aliphatic carbocycles. The molecule has 2 fully saturated rings. The maximum absolute atomic E-state index is 14.0. The molecule has 152 valence electrons. The van der Waals surface area contributed by atoms with Crippen molar-refractivity contribution in [3.63, 3.8) is 0 Å². The van der Waals surface area contributed by atoms with E-state index in [1.807, 2.05) is 0 Å². The minimum atomic E-state index is -0.509. The highest BCUT2D eigenvalue weighted by Crippen LogP contribution is 2.42. The molecular weight excluding hydrogens is 342 g/mol. The van der Waals surface area contributed by atoms with E-state index in [1.165, 1.54) is 69.9 Å². The Morgan fingerprint density at radius 2 is 1.33 bits per heavy atom. The van der Waals surface area contributed by atoms with Crippen LogP contribution in [0, 0.1) is 35.3 Å². The van der Waals surface area contributed by atoms with Gasteiger partial charge < -0.3 is 5.11 Å². The Balaban J connectivity index is 1.43. The highest BCUT2D eigenvalue weighted by Gasteiger charge is 2.30. The Hall–Kier alpha value is -0.960. The molecule has 0 bridgehead atoms. The summed E-state index contributed by atoms with van der Waals surface area (Å²) in [5, 5.41) is 8.92. The lowest BCUT2D eigenvalue weighted by Gasteiger charge is -2.37. The molecule has 2 saturated carbocycles. The van der Waals surface area contributed by atoms with E-state index in [-0.39, 0.29) is 18.6 Å². The number of benzene rings is 1. The Morgan fingerprint density at radius 1 is 0.815 bits per heavy atom. The Bertz CT molecular complexity index is 561. The molecule has 27 heavy (non-hydrogen) atoms. The number of aliphatic hydroxyl groups is 1. The zero-order valence-electron chi connectivity index (χ0n) is 16.9. The summed E-state index contributed by atoms with van der Waals surface area (Å²) in [6.45, 7) is 2.10. The van der Waals surface area contributed by atoms with E-state index in [4.69, 9.17) is 5.11 Å². The van der Waals surface area contributed by atoms with Gasteiger partial charge in [-0.3, -0.25) is 0 Å². The second kappa shape index (κ2) is 10.0. The van der Waals surface area contributed by atoms with E-state index in [9.17, 15) is 8.78 Å². The van der Waals surface area contributed by atoms with Gasteiger partial charge >= 0.3 is 0 Å². The number of hydrogen-bond acceptors (Lipinski definition) is 1. The average Bonchev–Trinajstić information content (AvgIpc) is 2.70. The highest BCUT2D eigenvalue weighted by molar-refractivity contribution is 5.26. The maximum atomic E-state index is 14.0. The van der Waals surface area contributed by atoms with Crippen molar-refractivity contribution in [3.8, 4) is 0 Å². The first-order chi connectivity index (χ1) is 13.1. The van der Waals surface area contributed by atoms with Gasteiger partial charge in [0.05, 0.1) is 0 Å². The molecule has 2 aliphatic rings. The predicted octanol–water partition coefficient (Wildman–Crippen LogP) is 6.46. The van der Waals surface area contributed by atoms with Gasteiger partial charge in [-0.1, -0.05) is 39.0 Å². The fourth-order valence-electron chi connectivity index (χ4n) is 5.54. The average molecular weight is 379 g/mol. The molecule has 0 atom stereocenters. The molecule has 0 aromatic heterocycles. The van der Waals surface area contributed by atoms with Crippen molar-refractivity contribution in [1.82, 2.24) is 0 Å². The quantitative estimate of drug-likeness (QED) is 0.577. The fourth-order valence-corrected chi connectivity index (χ4v) is 5.54. The maximum Gasteiger partial charge on any atom is 0.129 e. The topological polar surface area (TPSA) is 20.2 Å². The van der Waals surface area contributed by atoms with Crippen LogP contribution in [-0.4, -0.2) is 11.7 Å². The Labute approximate surface area is 163 Å². The van der Waals surface area contributed by atoms with E-state index in [2.05, 4.69) is 6.92 Å². The first-order valence-corrected chi connectivity index (χ1v) is 11.2. The minimum absolute atomic E-state index is 0.0135. The lowest BCUT2D eigenvalue weighted by atomic mass is 9.68. The number of aliphatic hydroxyl groups excluding tert-OH is 1. The monoisotopic (exact) mass is 378 g/mol. The van der Waals surface area contributed by atoms with Gasteiger partial charge in [-0.05, 0) is 79.9 Å². The molecule has 0 radical (unpaired) electrons. The number of halogens is 2. The SMILES string of the molecule is CCC1CCC(C2CCC(CCc3cc(F)c(CCO)c(F)c3)CC2)CC1. The van der Waals surface area contributed by atoms with Crippen LogP contribution >= 0.6 is 0 Å². The summed E-state index contributed by atoms with van der Waals surface area (Å²) in [6, 6.07) is 2.93. The molecule has 0 unspecified atom stereocenters. The molecule has 1 aromatic rings. The van der Waals surface area contributed by atoms with E-state index in [0.29, 0.717) is 5.92 Å². The zero-order valence-corrected chi connectivity index (χ0v) is 16.9. The molecule has 0 heterocycles. The summed E-state index contributed by atoms with van der Waals surface area (Å²) in [5.41, 5.74) is 0.770. The molecule has 0 amide bonds. The molecule has 1 nitrogen and oxygen atoms in total. The summed E-state index contributed by atoms with van der Waals surface area (Å²) in [6.07, 6.45) is 14.2. The van der Waals surface area contributed by atoms with Gasteiger partial charge in [-0.15, -0.1) is 0 Å². The van der Waals surface area contributed by atoms with Crippen LogP contribution in [0.2, 0.25) is 0 Å². The lowest BCUT2D eigenvalue weighted by molar-refractivity contribution is 0.142. The van der Waals surface area contributed by atoms with Crippen LogP contribution in [-0.2, 0) is 12.8 Å². The van der Waals surface area contributed by atoms with Gasteiger partial charge in [-0.2, -0.15) is 0 Å². The zero-order chi connectivity index (χ0) is 19.2. The van der Waals surface area contributed by atoms with Gasteiger partial charge in [0.15, 0.2) is 0 Å². The van der Waals surface area contributed by atoms with E-state index < -0.39 is 11.6 Å². The van der Waals surface area contributed by atoms with Crippen molar-refractivity contribution in [1.29, 1.82) is 0 Å². The minimum Gasteiger partial charge on any atom is -0.396 e. The van der Waals surface area contributed by atoms with Crippen molar-refractivity contribution in [3.05, 3.63) is 34.9 Å². The summed E-state index contributed by atoms with van der Waals surface area (Å²) < 4.78 is 28.0. The highest BCUT2D eigenvalue weighted by atomic mass is 19.1. The normalized spacial score (nSPS) is 29.0. The van der Waals surface area contributed by atoms with Crippen LogP contribution in [0.25, 0.3) is 0 Å². The number of rotatable bonds is 7. The Morgan fingerprint density at radius 3 is 1.81 bits per heavy atom. The first-order valence-electron chi connectivity index (χ1n) is 11.2. The largest absolute Gasteiger partial charge is 0.396 e. The molecular formula is C24H36F2O. The van der Waals surface area contributed by atoms with Gasteiger partial charge in [0.25, 0.3) is 0 Å². The molecule has 1 N–H and O–H groups in total. The van der Waals surface area contributed by atoms with Crippen molar-refractivity contribution in [2.75, 3.05) is 6.61 Å². The third-order valence-corrected chi connectivity index (χ3v) is 7.43. The van der Waals surface area contributed by atoms with Crippen molar-refractivity contribution in [2.24, 2.45) is 23.7 Å². The standard InChI is InChI=1S/C24H36F2O/c1-2-17-5-9-20(10-6-17)21-11-7-18(8-12-21)3-4-19-15-23(25)22(13-14-27)24(26)16-19/h15-18,20-21,27H,2-14H2,1H3. The molecule has 3 heteroatoms. The van der Waals surface area contributed by atoms with E-state index in [1.54, 1.807) is 0 Å². The molecule has 1 aromatic carbocycles. The van der Waals surface area contributed by atoms with Gasteiger partial charge in [-0.25, -0.2) is 8.78 Å². The summed E-state index contributed by atoms with van der Waals surface area (Å²) in [4.78, 5) is 0. The second-order valence-corrected chi connectivity index (χ2v) is 9.02.